The third kappa shape index (κ3) is 4.74. The van der Waals surface area contributed by atoms with Crippen LogP contribution in [0, 0.1) is 17.2 Å². The first-order valence-electron chi connectivity index (χ1n) is 5.97. The lowest BCUT2D eigenvalue weighted by Gasteiger charge is -2.17. The van der Waals surface area contributed by atoms with Crippen LogP contribution in [0.25, 0.3) is 0 Å². The van der Waals surface area contributed by atoms with Crippen molar-refractivity contribution < 1.29 is 4.89 Å². The molecule has 0 fully saturated rings. The quantitative estimate of drug-likeness (QED) is 0.814. The highest BCUT2D eigenvalue weighted by molar-refractivity contribution is 8.71. The smallest absolute Gasteiger partial charge is 0.146 e. The van der Waals surface area contributed by atoms with Gasteiger partial charge in [0.2, 0.25) is 0 Å². The van der Waals surface area contributed by atoms with Crippen LogP contribution in [0.3, 0.4) is 0 Å². The predicted octanol–water partition coefficient (Wildman–Crippen LogP) is 3.65. The second-order valence-electron chi connectivity index (χ2n) is 4.37. The fourth-order valence-electron chi connectivity index (χ4n) is 1.60. The summed E-state index contributed by atoms with van der Waals surface area (Å²) >= 11 is 6.83. The average Bonchev–Trinajstić information content (AvgIpc) is 2.37. The minimum atomic E-state index is -2.51. The molecule has 0 amide bonds. The topological polar surface area (TPSA) is 44.0 Å². The molecule has 0 radical (unpaired) electrons. The van der Waals surface area contributed by atoms with Crippen molar-refractivity contribution in [3.8, 4) is 6.07 Å². The molecule has 0 saturated carbocycles. The maximum atomic E-state index is 10.4. The molecule has 0 aliphatic rings. The fourth-order valence-corrected chi connectivity index (χ4v) is 6.00. The standard InChI is InChI=1S/C13H18NOPS2/c1-3-4-11(2)10-18-16(15,17)13-7-5-12(9-14)6-8-13/h5-8,11H,3-4,10H2,1-2H3,(H,15,17). The van der Waals surface area contributed by atoms with Gasteiger partial charge in [0.15, 0.2) is 0 Å². The molecule has 5 heteroatoms. The van der Waals surface area contributed by atoms with E-state index in [-0.39, 0.29) is 0 Å². The highest BCUT2D eigenvalue weighted by atomic mass is 32.9. The molecule has 1 rings (SSSR count). The molecular weight excluding hydrogens is 281 g/mol. The van der Waals surface area contributed by atoms with Gasteiger partial charge >= 0.3 is 0 Å². The Kier molecular flexibility index (Phi) is 6.38. The van der Waals surface area contributed by atoms with Crippen LogP contribution >= 0.6 is 16.8 Å². The maximum absolute atomic E-state index is 10.4. The van der Waals surface area contributed by atoms with E-state index in [1.54, 1.807) is 24.3 Å². The maximum Gasteiger partial charge on any atom is 0.146 e. The summed E-state index contributed by atoms with van der Waals surface area (Å²) < 4.78 is 0. The minimum Gasteiger partial charge on any atom is -0.354 e. The second-order valence-corrected chi connectivity index (χ2v) is 11.2. The van der Waals surface area contributed by atoms with Gasteiger partial charge in [-0.3, -0.25) is 0 Å². The van der Waals surface area contributed by atoms with Crippen LogP contribution in [-0.2, 0) is 11.8 Å². The van der Waals surface area contributed by atoms with Crippen LogP contribution in [-0.4, -0.2) is 10.6 Å². The molecule has 1 aromatic rings. The molecule has 0 heterocycles. The summed E-state index contributed by atoms with van der Waals surface area (Å²) in [5.74, 6) is 1.47. The number of rotatable bonds is 6. The molecule has 98 valence electrons. The van der Waals surface area contributed by atoms with Gasteiger partial charge in [-0.2, -0.15) is 5.26 Å². The Bertz CT molecular complexity index is 467. The molecule has 2 atom stereocenters. The Morgan fingerprint density at radius 2 is 2.06 bits per heavy atom. The predicted molar refractivity (Wildman–Crippen MR) is 83.8 cm³/mol. The first kappa shape index (κ1) is 15.7. The number of hydrogen-bond donors (Lipinski definition) is 1. The summed E-state index contributed by atoms with van der Waals surface area (Å²) in [6, 6.07) is 9.03. The van der Waals surface area contributed by atoms with E-state index in [4.69, 9.17) is 17.1 Å². The molecule has 18 heavy (non-hydrogen) atoms. The zero-order chi connectivity index (χ0) is 13.6. The van der Waals surface area contributed by atoms with E-state index in [0.29, 0.717) is 11.5 Å². The van der Waals surface area contributed by atoms with Gasteiger partial charge < -0.3 is 4.89 Å². The second kappa shape index (κ2) is 7.31. The van der Waals surface area contributed by atoms with Gasteiger partial charge in [0.05, 0.1) is 11.6 Å². The summed E-state index contributed by atoms with van der Waals surface area (Å²) in [4.78, 5) is 10.4. The molecule has 0 aliphatic carbocycles. The van der Waals surface area contributed by atoms with Gasteiger partial charge in [0, 0.05) is 11.1 Å². The molecule has 0 saturated heterocycles. The number of hydrogen-bond acceptors (Lipinski definition) is 3. The molecule has 0 bridgehead atoms. The van der Waals surface area contributed by atoms with Gasteiger partial charge in [-0.15, -0.1) is 0 Å². The van der Waals surface area contributed by atoms with Crippen molar-refractivity contribution in [1.29, 1.82) is 5.26 Å². The van der Waals surface area contributed by atoms with Crippen molar-refractivity contribution in [2.75, 3.05) is 5.75 Å². The van der Waals surface area contributed by atoms with Crippen LogP contribution in [0.4, 0.5) is 0 Å². The Balaban J connectivity index is 2.68. The van der Waals surface area contributed by atoms with Gasteiger partial charge in [0.1, 0.15) is 5.47 Å². The summed E-state index contributed by atoms with van der Waals surface area (Å²) in [6.45, 7) is 4.35. The van der Waals surface area contributed by atoms with Crippen molar-refractivity contribution in [3.05, 3.63) is 29.8 Å². The highest BCUT2D eigenvalue weighted by Crippen LogP contribution is 2.54. The first-order valence-corrected chi connectivity index (χ1v) is 10.3. The average molecular weight is 299 g/mol. The largest absolute Gasteiger partial charge is 0.354 e. The third-order valence-electron chi connectivity index (χ3n) is 2.64. The summed E-state index contributed by atoms with van der Waals surface area (Å²) in [6.07, 6.45) is 2.32. The summed E-state index contributed by atoms with van der Waals surface area (Å²) in [7, 11) is 0. The van der Waals surface area contributed by atoms with E-state index >= 15 is 0 Å². The summed E-state index contributed by atoms with van der Waals surface area (Å²) in [5, 5.41) is 9.51. The van der Waals surface area contributed by atoms with Crippen LogP contribution in [0.2, 0.25) is 0 Å². The number of nitrogens with zero attached hydrogens (tertiary/aromatic N) is 1. The molecule has 0 spiro atoms. The fraction of sp³-hybridized carbons (Fsp3) is 0.462. The van der Waals surface area contributed by atoms with Crippen molar-refractivity contribution in [3.63, 3.8) is 0 Å². The minimum absolute atomic E-state index is 0.577. The van der Waals surface area contributed by atoms with Crippen molar-refractivity contribution >= 4 is 34.0 Å². The number of nitriles is 1. The molecule has 2 unspecified atom stereocenters. The lowest BCUT2D eigenvalue weighted by Crippen LogP contribution is -2.04. The van der Waals surface area contributed by atoms with Gasteiger partial charge in [-0.05, 0) is 30.2 Å². The van der Waals surface area contributed by atoms with E-state index in [0.717, 1.165) is 23.9 Å². The highest BCUT2D eigenvalue weighted by Gasteiger charge is 2.18. The Morgan fingerprint density at radius 3 is 2.56 bits per heavy atom. The van der Waals surface area contributed by atoms with Gasteiger partial charge in [0.25, 0.3) is 0 Å². The molecule has 0 aliphatic heterocycles. The third-order valence-corrected chi connectivity index (χ3v) is 8.37. The normalized spacial score (nSPS) is 15.7. The van der Waals surface area contributed by atoms with Crippen molar-refractivity contribution in [2.24, 2.45) is 5.92 Å². The Morgan fingerprint density at radius 1 is 1.44 bits per heavy atom. The lowest BCUT2D eigenvalue weighted by atomic mass is 10.1. The van der Waals surface area contributed by atoms with Crippen LogP contribution in [0.15, 0.2) is 24.3 Å². The first-order chi connectivity index (χ1) is 8.49. The summed E-state index contributed by atoms with van der Waals surface area (Å²) in [5.41, 5.74) is -1.92. The zero-order valence-electron chi connectivity index (χ0n) is 10.7. The van der Waals surface area contributed by atoms with E-state index in [1.807, 2.05) is 0 Å². The van der Waals surface area contributed by atoms with E-state index in [2.05, 4.69) is 19.9 Å². The molecule has 0 aromatic heterocycles. The molecule has 1 aromatic carbocycles. The van der Waals surface area contributed by atoms with Gasteiger partial charge in [-0.25, -0.2) is 0 Å². The molecule has 2 nitrogen and oxygen atoms in total. The SMILES string of the molecule is CCCC(C)CSP(O)(=S)c1ccc(C#N)cc1. The lowest BCUT2D eigenvalue weighted by molar-refractivity contribution is 0.585. The van der Waals surface area contributed by atoms with Gasteiger partial charge in [-0.1, -0.05) is 49.9 Å². The van der Waals surface area contributed by atoms with Crippen LogP contribution < -0.4 is 5.30 Å². The van der Waals surface area contributed by atoms with E-state index < -0.39 is 5.47 Å². The van der Waals surface area contributed by atoms with E-state index in [1.165, 1.54) is 11.4 Å². The molecule has 1 N–H and O–H groups in total. The number of benzene rings is 1. The zero-order valence-corrected chi connectivity index (χ0v) is 13.2. The monoisotopic (exact) mass is 299 g/mol. The van der Waals surface area contributed by atoms with Crippen LogP contribution in [0.1, 0.15) is 32.3 Å². The Labute approximate surface area is 118 Å². The van der Waals surface area contributed by atoms with E-state index in [9.17, 15) is 4.89 Å². The van der Waals surface area contributed by atoms with Crippen molar-refractivity contribution in [2.45, 2.75) is 26.7 Å². The van der Waals surface area contributed by atoms with Crippen molar-refractivity contribution in [1.82, 2.24) is 0 Å². The van der Waals surface area contributed by atoms with Crippen LogP contribution in [0.5, 0.6) is 0 Å². The molecular formula is C13H18NOPS2. The Hall–Kier alpha value is -0.330.